The first kappa shape index (κ1) is 14.2. The number of hydrogen-bond acceptors (Lipinski definition) is 1. The summed E-state index contributed by atoms with van der Waals surface area (Å²) in [7, 11) is 0. The van der Waals surface area contributed by atoms with Gasteiger partial charge in [0.15, 0.2) is 5.78 Å². The van der Waals surface area contributed by atoms with Crippen LogP contribution in [0.5, 0.6) is 0 Å². The predicted octanol–water partition coefficient (Wildman–Crippen LogP) is 4.29. The van der Waals surface area contributed by atoms with Gasteiger partial charge in [-0.25, -0.2) is 0 Å². The van der Waals surface area contributed by atoms with Crippen molar-refractivity contribution in [3.8, 4) is 0 Å². The second-order valence-corrected chi connectivity index (χ2v) is 4.34. The molecule has 1 unspecified atom stereocenters. The van der Waals surface area contributed by atoms with Crippen molar-refractivity contribution in [2.24, 2.45) is 5.92 Å². The Hall–Kier alpha value is -0.850. The van der Waals surface area contributed by atoms with E-state index in [-0.39, 0.29) is 5.78 Å². The number of hydrogen-bond donors (Lipinski definition) is 0. The second-order valence-electron chi connectivity index (χ2n) is 4.34. The van der Waals surface area contributed by atoms with Gasteiger partial charge < -0.3 is 0 Å². The van der Waals surface area contributed by atoms with E-state index in [0.29, 0.717) is 5.92 Å². The van der Waals surface area contributed by atoms with E-state index < -0.39 is 0 Å². The molecule has 0 aromatic heterocycles. The van der Waals surface area contributed by atoms with Gasteiger partial charge in [-0.3, -0.25) is 4.79 Å². The quantitative estimate of drug-likeness (QED) is 0.450. The fourth-order valence-electron chi connectivity index (χ4n) is 1.34. The van der Waals surface area contributed by atoms with E-state index >= 15 is 0 Å². The topological polar surface area (TPSA) is 17.1 Å². The minimum atomic E-state index is 0.143. The Morgan fingerprint density at radius 1 is 1.33 bits per heavy atom. The van der Waals surface area contributed by atoms with Crippen LogP contribution < -0.4 is 0 Å². The Morgan fingerprint density at radius 3 is 2.53 bits per heavy atom. The summed E-state index contributed by atoms with van der Waals surface area (Å²) >= 11 is 0. The molecule has 1 heteroatoms. The molecule has 0 aromatic carbocycles. The third-order valence-electron chi connectivity index (χ3n) is 2.60. The fraction of sp³-hybridized carbons (Fsp3) is 0.643. The Morgan fingerprint density at radius 2 is 2.00 bits per heavy atom. The first-order valence-corrected chi connectivity index (χ1v) is 5.89. The summed E-state index contributed by atoms with van der Waals surface area (Å²) in [6.45, 7) is 8.19. The van der Waals surface area contributed by atoms with Crippen molar-refractivity contribution < 1.29 is 4.79 Å². The molecule has 0 saturated carbocycles. The minimum absolute atomic E-state index is 0.143. The van der Waals surface area contributed by atoms with E-state index in [1.54, 1.807) is 13.0 Å². The van der Waals surface area contributed by atoms with Crippen LogP contribution in [0, 0.1) is 5.92 Å². The van der Waals surface area contributed by atoms with E-state index in [1.807, 2.05) is 6.08 Å². The molecule has 0 aliphatic rings. The Labute approximate surface area is 94.3 Å². The zero-order valence-corrected chi connectivity index (χ0v) is 10.5. The molecule has 86 valence electrons. The number of ketones is 1. The van der Waals surface area contributed by atoms with Crippen LogP contribution in [0.25, 0.3) is 0 Å². The van der Waals surface area contributed by atoms with Gasteiger partial charge in [0.2, 0.25) is 0 Å². The fourth-order valence-corrected chi connectivity index (χ4v) is 1.34. The number of carbonyl (C=O) groups excluding carboxylic acids is 1. The Balaban J connectivity index is 3.66. The molecule has 0 spiro atoms. The minimum Gasteiger partial charge on any atom is -0.295 e. The molecule has 0 fully saturated rings. The summed E-state index contributed by atoms with van der Waals surface area (Å²) in [5.74, 6) is 0.811. The largest absolute Gasteiger partial charge is 0.295 e. The highest BCUT2D eigenvalue weighted by atomic mass is 16.1. The number of carbonyl (C=O) groups is 1. The molecule has 0 amide bonds. The van der Waals surface area contributed by atoms with Gasteiger partial charge in [-0.2, -0.15) is 0 Å². The van der Waals surface area contributed by atoms with Crippen molar-refractivity contribution in [3.63, 3.8) is 0 Å². The van der Waals surface area contributed by atoms with Crippen molar-refractivity contribution in [1.82, 2.24) is 0 Å². The van der Waals surface area contributed by atoms with Gasteiger partial charge in [-0.15, -0.1) is 0 Å². The van der Waals surface area contributed by atoms with Crippen LogP contribution in [0.3, 0.4) is 0 Å². The van der Waals surface area contributed by atoms with Gasteiger partial charge in [0.05, 0.1) is 0 Å². The van der Waals surface area contributed by atoms with Gasteiger partial charge in [0.1, 0.15) is 0 Å². The van der Waals surface area contributed by atoms with Crippen LogP contribution in [0.4, 0.5) is 0 Å². The van der Waals surface area contributed by atoms with Crippen molar-refractivity contribution >= 4 is 5.78 Å². The molecule has 0 heterocycles. The molecule has 0 radical (unpaired) electrons. The second kappa shape index (κ2) is 8.46. The molecular weight excluding hydrogens is 184 g/mol. The molecule has 0 saturated heterocycles. The van der Waals surface area contributed by atoms with Crippen LogP contribution in [-0.4, -0.2) is 5.78 Å². The zero-order chi connectivity index (χ0) is 11.7. The Kier molecular flexibility index (Phi) is 7.98. The third-order valence-corrected chi connectivity index (χ3v) is 2.60. The zero-order valence-electron chi connectivity index (χ0n) is 10.5. The van der Waals surface area contributed by atoms with E-state index in [9.17, 15) is 4.79 Å². The molecule has 0 rings (SSSR count). The van der Waals surface area contributed by atoms with Crippen LogP contribution in [0.1, 0.15) is 53.4 Å². The molecule has 0 aromatic rings. The lowest BCUT2D eigenvalue weighted by Crippen LogP contribution is -1.92. The molecule has 15 heavy (non-hydrogen) atoms. The number of rotatable bonds is 7. The molecule has 0 bridgehead atoms. The first-order chi connectivity index (χ1) is 7.06. The highest BCUT2D eigenvalue weighted by Gasteiger charge is 1.98. The SMILES string of the molecule is CCC(C)=CCCC(C)CC=CC(C)=O. The van der Waals surface area contributed by atoms with Crippen molar-refractivity contribution in [1.29, 1.82) is 0 Å². The summed E-state index contributed by atoms with van der Waals surface area (Å²) in [4.78, 5) is 10.7. The summed E-state index contributed by atoms with van der Waals surface area (Å²) in [5, 5.41) is 0. The molecule has 1 atom stereocenters. The van der Waals surface area contributed by atoms with Crippen LogP contribution in [0.15, 0.2) is 23.8 Å². The molecule has 0 aliphatic heterocycles. The average molecular weight is 208 g/mol. The molecular formula is C14H24O. The van der Waals surface area contributed by atoms with Gasteiger partial charge >= 0.3 is 0 Å². The third kappa shape index (κ3) is 9.45. The van der Waals surface area contributed by atoms with Crippen LogP contribution in [0.2, 0.25) is 0 Å². The summed E-state index contributed by atoms with van der Waals surface area (Å²) in [6, 6.07) is 0. The molecule has 1 nitrogen and oxygen atoms in total. The van der Waals surface area contributed by atoms with Gasteiger partial charge in [0, 0.05) is 0 Å². The number of allylic oxidation sites excluding steroid dienone is 4. The highest BCUT2D eigenvalue weighted by molar-refractivity contribution is 5.87. The smallest absolute Gasteiger partial charge is 0.152 e. The first-order valence-electron chi connectivity index (χ1n) is 5.89. The lowest BCUT2D eigenvalue weighted by atomic mass is 10.0. The van der Waals surface area contributed by atoms with E-state index in [1.165, 1.54) is 12.0 Å². The maximum atomic E-state index is 10.7. The molecule has 0 N–H and O–H groups in total. The van der Waals surface area contributed by atoms with E-state index in [4.69, 9.17) is 0 Å². The van der Waals surface area contributed by atoms with Gasteiger partial charge in [-0.1, -0.05) is 31.6 Å². The van der Waals surface area contributed by atoms with Crippen molar-refractivity contribution in [2.45, 2.75) is 53.4 Å². The lowest BCUT2D eigenvalue weighted by molar-refractivity contribution is -0.112. The molecule has 0 aliphatic carbocycles. The van der Waals surface area contributed by atoms with Crippen LogP contribution >= 0.6 is 0 Å². The Bertz CT molecular complexity index is 236. The van der Waals surface area contributed by atoms with E-state index in [2.05, 4.69) is 26.8 Å². The summed E-state index contributed by atoms with van der Waals surface area (Å²) < 4.78 is 0. The van der Waals surface area contributed by atoms with Crippen molar-refractivity contribution in [2.75, 3.05) is 0 Å². The highest BCUT2D eigenvalue weighted by Crippen LogP contribution is 2.13. The summed E-state index contributed by atoms with van der Waals surface area (Å²) in [5.41, 5.74) is 1.47. The van der Waals surface area contributed by atoms with Gasteiger partial charge in [0.25, 0.3) is 0 Å². The van der Waals surface area contributed by atoms with Gasteiger partial charge in [-0.05, 0) is 51.5 Å². The predicted molar refractivity (Wildman–Crippen MR) is 66.9 cm³/mol. The van der Waals surface area contributed by atoms with Crippen molar-refractivity contribution in [3.05, 3.63) is 23.8 Å². The monoisotopic (exact) mass is 208 g/mol. The lowest BCUT2D eigenvalue weighted by Gasteiger charge is -2.06. The maximum absolute atomic E-state index is 10.7. The maximum Gasteiger partial charge on any atom is 0.152 e. The summed E-state index contributed by atoms with van der Waals surface area (Å²) in [6.07, 6.45) is 10.5. The standard InChI is InChI=1S/C14H24O/c1-5-12(2)8-6-9-13(3)10-7-11-14(4)15/h7-8,11,13H,5-6,9-10H2,1-4H3. The average Bonchev–Trinajstić information content (AvgIpc) is 2.17. The normalized spacial score (nSPS) is 14.5. The van der Waals surface area contributed by atoms with Crippen LogP contribution in [-0.2, 0) is 4.79 Å². The van der Waals surface area contributed by atoms with E-state index in [0.717, 1.165) is 19.3 Å².